The summed E-state index contributed by atoms with van der Waals surface area (Å²) in [6, 6.07) is 6.22. The van der Waals surface area contributed by atoms with Gasteiger partial charge in [-0.05, 0) is 52.5 Å². The Morgan fingerprint density at radius 1 is 1.44 bits per heavy atom. The van der Waals surface area contributed by atoms with Crippen LogP contribution in [0.2, 0.25) is 0 Å². The van der Waals surface area contributed by atoms with Crippen molar-refractivity contribution < 1.29 is 4.74 Å². The third-order valence-electron chi connectivity index (χ3n) is 2.46. The van der Waals surface area contributed by atoms with Gasteiger partial charge in [0, 0.05) is 6.54 Å². The molecule has 0 radical (unpaired) electrons. The third-order valence-corrected chi connectivity index (χ3v) is 3.08. The van der Waals surface area contributed by atoms with Crippen LogP contribution in [-0.4, -0.2) is 13.2 Å². The number of hydrogen-bond acceptors (Lipinski definition) is 2. The van der Waals surface area contributed by atoms with Crippen LogP contribution < -0.4 is 10.1 Å². The number of ether oxygens (including phenoxy) is 1. The lowest BCUT2D eigenvalue weighted by Crippen LogP contribution is -2.18. The highest BCUT2D eigenvalue weighted by Gasteiger charge is 2.02. The molecule has 0 saturated carbocycles. The van der Waals surface area contributed by atoms with Gasteiger partial charge in [0.15, 0.2) is 0 Å². The van der Waals surface area contributed by atoms with Gasteiger partial charge in [-0.1, -0.05) is 26.0 Å². The lowest BCUT2D eigenvalue weighted by Gasteiger charge is -2.10. The van der Waals surface area contributed by atoms with E-state index in [4.69, 9.17) is 4.74 Å². The molecule has 0 unspecified atom stereocenters. The van der Waals surface area contributed by atoms with Gasteiger partial charge in [0.05, 0.1) is 11.1 Å². The quantitative estimate of drug-likeness (QED) is 0.575. The summed E-state index contributed by atoms with van der Waals surface area (Å²) in [4.78, 5) is 0. The fourth-order valence-corrected chi connectivity index (χ4v) is 2.07. The molecule has 0 amide bonds. The highest BCUT2D eigenvalue weighted by molar-refractivity contribution is 9.10. The Hall–Kier alpha value is -0.800. The van der Waals surface area contributed by atoms with Gasteiger partial charge in [0.1, 0.15) is 5.75 Å². The van der Waals surface area contributed by atoms with E-state index in [1.165, 1.54) is 5.56 Å². The summed E-state index contributed by atoms with van der Waals surface area (Å²) in [7, 11) is 0. The second-order valence-corrected chi connectivity index (χ2v) is 5.57. The van der Waals surface area contributed by atoms with E-state index in [-0.39, 0.29) is 0 Å². The summed E-state index contributed by atoms with van der Waals surface area (Å²) >= 11 is 3.54. The summed E-state index contributed by atoms with van der Waals surface area (Å²) < 4.78 is 6.65. The van der Waals surface area contributed by atoms with E-state index in [0.717, 1.165) is 29.7 Å². The Morgan fingerprint density at radius 2 is 2.22 bits per heavy atom. The van der Waals surface area contributed by atoms with Crippen LogP contribution in [0.5, 0.6) is 5.75 Å². The minimum Gasteiger partial charge on any atom is -0.492 e. The maximum Gasteiger partial charge on any atom is 0.133 e. The van der Waals surface area contributed by atoms with Crippen LogP contribution in [0.3, 0.4) is 0 Å². The molecule has 100 valence electrons. The van der Waals surface area contributed by atoms with Crippen molar-refractivity contribution in [3.63, 3.8) is 0 Å². The van der Waals surface area contributed by atoms with Crippen LogP contribution in [0.1, 0.15) is 25.8 Å². The van der Waals surface area contributed by atoms with Crippen LogP contribution in [-0.2, 0) is 6.54 Å². The molecule has 1 aromatic rings. The molecule has 0 atom stereocenters. The first kappa shape index (κ1) is 15.3. The van der Waals surface area contributed by atoms with Crippen molar-refractivity contribution in [3.8, 4) is 5.75 Å². The van der Waals surface area contributed by atoms with E-state index in [0.29, 0.717) is 12.5 Å². The van der Waals surface area contributed by atoms with Crippen LogP contribution >= 0.6 is 15.9 Å². The lowest BCUT2D eigenvalue weighted by atomic mass is 10.2. The van der Waals surface area contributed by atoms with Crippen molar-refractivity contribution in [1.82, 2.24) is 5.32 Å². The molecule has 0 saturated heterocycles. The van der Waals surface area contributed by atoms with Crippen molar-refractivity contribution in [2.24, 2.45) is 5.92 Å². The molecule has 0 aliphatic heterocycles. The van der Waals surface area contributed by atoms with Crippen LogP contribution in [0.25, 0.3) is 0 Å². The van der Waals surface area contributed by atoms with Crippen molar-refractivity contribution >= 4 is 15.9 Å². The summed E-state index contributed by atoms with van der Waals surface area (Å²) in [5, 5.41) is 3.43. The smallest absolute Gasteiger partial charge is 0.133 e. The molecule has 0 heterocycles. The molecule has 0 aromatic heterocycles. The number of benzene rings is 1. The molecule has 1 N–H and O–H groups in total. The Balaban J connectivity index is 2.48. The van der Waals surface area contributed by atoms with E-state index < -0.39 is 0 Å². The SMILES string of the molecule is C=CCCOc1ccc(CNCC(C)C)cc1Br. The molecule has 0 bridgehead atoms. The molecule has 0 fully saturated rings. The first-order chi connectivity index (χ1) is 8.63. The average Bonchev–Trinajstić information content (AvgIpc) is 2.31. The predicted molar refractivity (Wildman–Crippen MR) is 81.0 cm³/mol. The normalized spacial score (nSPS) is 10.7. The topological polar surface area (TPSA) is 21.3 Å². The Labute approximate surface area is 119 Å². The van der Waals surface area contributed by atoms with Gasteiger partial charge in [-0.2, -0.15) is 0 Å². The van der Waals surface area contributed by atoms with E-state index >= 15 is 0 Å². The van der Waals surface area contributed by atoms with Gasteiger partial charge in [-0.3, -0.25) is 0 Å². The second-order valence-electron chi connectivity index (χ2n) is 4.72. The maximum absolute atomic E-state index is 5.64. The fourth-order valence-electron chi connectivity index (χ4n) is 1.53. The average molecular weight is 312 g/mol. The molecule has 0 aliphatic carbocycles. The second kappa shape index (κ2) is 8.33. The minimum atomic E-state index is 0.674. The molecular weight excluding hydrogens is 290 g/mol. The van der Waals surface area contributed by atoms with Gasteiger partial charge >= 0.3 is 0 Å². The zero-order valence-electron chi connectivity index (χ0n) is 11.2. The van der Waals surface area contributed by atoms with Gasteiger partial charge in [-0.25, -0.2) is 0 Å². The molecule has 2 nitrogen and oxygen atoms in total. The Kier molecular flexibility index (Phi) is 7.06. The van der Waals surface area contributed by atoms with Gasteiger partial charge < -0.3 is 10.1 Å². The standard InChI is InChI=1S/C15H22BrNO/c1-4-5-8-18-15-7-6-13(9-14(15)16)11-17-10-12(2)3/h4,6-7,9,12,17H,1,5,8,10-11H2,2-3H3. The molecular formula is C15H22BrNO. The Morgan fingerprint density at radius 3 is 2.83 bits per heavy atom. The Bertz CT molecular complexity index is 377. The van der Waals surface area contributed by atoms with Gasteiger partial charge in [0.25, 0.3) is 0 Å². The molecule has 18 heavy (non-hydrogen) atoms. The maximum atomic E-state index is 5.64. The zero-order chi connectivity index (χ0) is 13.4. The van der Waals surface area contributed by atoms with Crippen LogP contribution in [0.15, 0.2) is 35.3 Å². The van der Waals surface area contributed by atoms with E-state index in [1.54, 1.807) is 0 Å². The highest BCUT2D eigenvalue weighted by atomic mass is 79.9. The fraction of sp³-hybridized carbons (Fsp3) is 0.467. The molecule has 1 aromatic carbocycles. The monoisotopic (exact) mass is 311 g/mol. The molecule has 0 spiro atoms. The summed E-state index contributed by atoms with van der Waals surface area (Å²) in [5.74, 6) is 1.57. The van der Waals surface area contributed by atoms with Crippen molar-refractivity contribution in [2.45, 2.75) is 26.8 Å². The number of rotatable bonds is 8. The van der Waals surface area contributed by atoms with Crippen LogP contribution in [0, 0.1) is 5.92 Å². The van der Waals surface area contributed by atoms with Gasteiger partial charge in [0.2, 0.25) is 0 Å². The minimum absolute atomic E-state index is 0.674. The number of halogens is 1. The first-order valence-electron chi connectivity index (χ1n) is 6.36. The van der Waals surface area contributed by atoms with Crippen molar-refractivity contribution in [2.75, 3.05) is 13.2 Å². The van der Waals surface area contributed by atoms with Crippen molar-refractivity contribution in [3.05, 3.63) is 40.9 Å². The first-order valence-corrected chi connectivity index (χ1v) is 7.15. The van der Waals surface area contributed by atoms with Crippen LogP contribution in [0.4, 0.5) is 0 Å². The van der Waals surface area contributed by atoms with Gasteiger partial charge in [-0.15, -0.1) is 6.58 Å². The number of hydrogen-bond donors (Lipinski definition) is 1. The largest absolute Gasteiger partial charge is 0.492 e. The highest BCUT2D eigenvalue weighted by Crippen LogP contribution is 2.26. The third kappa shape index (κ3) is 5.69. The summed E-state index contributed by atoms with van der Waals surface area (Å²) in [5.41, 5.74) is 1.26. The number of nitrogens with one attached hydrogen (secondary N) is 1. The predicted octanol–water partition coefficient (Wildman–Crippen LogP) is 4.15. The van der Waals surface area contributed by atoms with E-state index in [1.807, 2.05) is 12.1 Å². The molecule has 0 aliphatic rings. The van der Waals surface area contributed by atoms with E-state index in [2.05, 4.69) is 53.8 Å². The van der Waals surface area contributed by atoms with Crippen molar-refractivity contribution in [1.29, 1.82) is 0 Å². The summed E-state index contributed by atoms with van der Waals surface area (Å²) in [6.07, 6.45) is 2.72. The summed E-state index contributed by atoms with van der Waals surface area (Å²) in [6.45, 7) is 10.7. The molecule has 1 rings (SSSR count). The van der Waals surface area contributed by atoms with E-state index in [9.17, 15) is 0 Å². The lowest BCUT2D eigenvalue weighted by molar-refractivity contribution is 0.323. The molecule has 3 heteroatoms. The zero-order valence-corrected chi connectivity index (χ0v) is 12.8.